The van der Waals surface area contributed by atoms with Crippen LogP contribution in [0.5, 0.6) is 0 Å². The minimum Gasteiger partial charge on any atom is -0.480 e. The van der Waals surface area contributed by atoms with Crippen LogP contribution in [0.3, 0.4) is 0 Å². The molecule has 0 heterocycles. The molecule has 0 aliphatic heterocycles. The van der Waals surface area contributed by atoms with Crippen LogP contribution in [0.4, 0.5) is 4.79 Å². The number of carboxylic acid groups (broad SMARTS) is 1. The molecule has 1 aromatic carbocycles. The molecule has 0 saturated heterocycles. The van der Waals surface area contributed by atoms with Crippen LogP contribution in [0.2, 0.25) is 0 Å². The van der Waals surface area contributed by atoms with Gasteiger partial charge in [-0.05, 0) is 42.2 Å². The standard InChI is InChI=1S/C26H38N2O5S3/c1-18(2)20(12-13-22(27)17-35-36-26(32)33-3)10-11-21(16-19-8-6-5-7-9-19)24(29)28-23(25(30)31)14-15-34-4/h5-13,18,20-23H,14-17,27H2,1-4H3,(H,28,29)(H,30,31)/b11-10-,13-12+/t20-,21+,22-,23+/m1/s1. The lowest BCUT2D eigenvalue weighted by Gasteiger charge is -2.20. The van der Waals surface area contributed by atoms with Crippen LogP contribution >= 0.6 is 33.3 Å². The highest BCUT2D eigenvalue weighted by atomic mass is 33.1. The fourth-order valence-corrected chi connectivity index (χ4v) is 5.32. The van der Waals surface area contributed by atoms with Crippen LogP contribution in [0, 0.1) is 17.8 Å². The monoisotopic (exact) mass is 554 g/mol. The van der Waals surface area contributed by atoms with E-state index in [1.54, 1.807) is 11.8 Å². The highest BCUT2D eigenvalue weighted by molar-refractivity contribution is 8.82. The summed E-state index contributed by atoms with van der Waals surface area (Å²) >= 11 is 1.55. The third-order valence-electron chi connectivity index (χ3n) is 5.33. The zero-order valence-electron chi connectivity index (χ0n) is 21.3. The first-order chi connectivity index (χ1) is 17.2. The smallest absolute Gasteiger partial charge is 0.377 e. The largest absolute Gasteiger partial charge is 0.480 e. The first kappa shape index (κ1) is 32.1. The highest BCUT2D eigenvalue weighted by Crippen LogP contribution is 2.24. The number of rotatable bonds is 16. The summed E-state index contributed by atoms with van der Waals surface area (Å²) in [6, 6.07) is 8.52. The molecule has 0 aliphatic rings. The van der Waals surface area contributed by atoms with Crippen LogP contribution in [0.1, 0.15) is 25.8 Å². The number of carbonyl (C=O) groups excluding carboxylic acids is 2. The number of ether oxygens (including phenoxy) is 1. The van der Waals surface area contributed by atoms with Gasteiger partial charge in [0.05, 0.1) is 13.0 Å². The van der Waals surface area contributed by atoms with E-state index in [-0.39, 0.29) is 29.1 Å². The Kier molecular flexibility index (Phi) is 16.4. The van der Waals surface area contributed by atoms with E-state index in [4.69, 9.17) is 5.73 Å². The molecule has 0 saturated carbocycles. The summed E-state index contributed by atoms with van der Waals surface area (Å²) in [5, 5.41) is 11.9. The van der Waals surface area contributed by atoms with Crippen molar-refractivity contribution in [2.24, 2.45) is 23.5 Å². The summed E-state index contributed by atoms with van der Waals surface area (Å²) < 4.78 is 4.60. The molecule has 10 heteroatoms. The van der Waals surface area contributed by atoms with E-state index >= 15 is 0 Å². The van der Waals surface area contributed by atoms with Crippen molar-refractivity contribution in [1.82, 2.24) is 5.32 Å². The number of benzene rings is 1. The number of thioether (sulfide) groups is 1. The van der Waals surface area contributed by atoms with Gasteiger partial charge < -0.3 is 20.9 Å². The van der Waals surface area contributed by atoms with Crippen molar-refractivity contribution in [3.05, 3.63) is 60.2 Å². The molecule has 7 nitrogen and oxygen atoms in total. The number of allylic oxidation sites excluding steroid dienone is 2. The van der Waals surface area contributed by atoms with Crippen LogP contribution in [-0.2, 0) is 20.7 Å². The predicted molar refractivity (Wildman–Crippen MR) is 153 cm³/mol. The summed E-state index contributed by atoms with van der Waals surface area (Å²) in [6.07, 6.45) is 10.5. The van der Waals surface area contributed by atoms with Crippen LogP contribution in [-0.4, -0.2) is 59.2 Å². The Morgan fingerprint density at radius 1 is 1.11 bits per heavy atom. The molecule has 0 fully saturated rings. The van der Waals surface area contributed by atoms with Gasteiger partial charge in [-0.15, -0.1) is 0 Å². The van der Waals surface area contributed by atoms with Crippen molar-refractivity contribution >= 4 is 50.5 Å². The maximum atomic E-state index is 13.2. The molecule has 0 unspecified atom stereocenters. The third-order valence-corrected chi connectivity index (χ3v) is 8.09. The van der Waals surface area contributed by atoms with E-state index in [0.29, 0.717) is 24.3 Å². The Bertz CT molecular complexity index is 864. The summed E-state index contributed by atoms with van der Waals surface area (Å²) in [5.41, 5.74) is 7.16. The molecular formula is C26H38N2O5S3. The molecule has 0 aliphatic carbocycles. The van der Waals surface area contributed by atoms with Gasteiger partial charge in [-0.1, -0.05) is 79.3 Å². The average Bonchev–Trinajstić information content (AvgIpc) is 2.85. The fraction of sp³-hybridized carbons (Fsp3) is 0.500. The second kappa shape index (κ2) is 18.4. The van der Waals surface area contributed by atoms with Gasteiger partial charge in [0.15, 0.2) is 0 Å². The van der Waals surface area contributed by atoms with Gasteiger partial charge >= 0.3 is 11.3 Å². The van der Waals surface area contributed by atoms with Gasteiger partial charge in [-0.3, -0.25) is 4.79 Å². The molecule has 36 heavy (non-hydrogen) atoms. The predicted octanol–water partition coefficient (Wildman–Crippen LogP) is 5.03. The first-order valence-corrected chi connectivity index (χ1v) is 15.4. The molecule has 1 rings (SSSR count). The number of hydrogen-bond acceptors (Lipinski definition) is 8. The second-order valence-corrected chi connectivity index (χ2v) is 11.8. The molecular weight excluding hydrogens is 516 g/mol. The average molecular weight is 555 g/mol. The van der Waals surface area contributed by atoms with Crippen LogP contribution < -0.4 is 11.1 Å². The van der Waals surface area contributed by atoms with Gasteiger partial charge in [-0.2, -0.15) is 11.8 Å². The molecule has 0 bridgehead atoms. The van der Waals surface area contributed by atoms with E-state index < -0.39 is 17.9 Å². The number of nitrogens with one attached hydrogen (secondary N) is 1. The van der Waals surface area contributed by atoms with Gasteiger partial charge in [-0.25, -0.2) is 9.59 Å². The number of nitrogens with two attached hydrogens (primary N) is 1. The van der Waals surface area contributed by atoms with Crippen LogP contribution in [0.25, 0.3) is 0 Å². The Morgan fingerprint density at radius 3 is 2.36 bits per heavy atom. The Labute approximate surface area is 226 Å². The zero-order chi connectivity index (χ0) is 26.9. The molecule has 0 radical (unpaired) electrons. The summed E-state index contributed by atoms with van der Waals surface area (Å²) in [4.78, 5) is 36.0. The summed E-state index contributed by atoms with van der Waals surface area (Å²) in [6.45, 7) is 4.17. The Hall–Kier alpha value is -1.88. The Balaban J connectivity index is 2.97. The van der Waals surface area contributed by atoms with E-state index in [1.165, 1.54) is 17.9 Å². The number of carbonyl (C=O) groups is 3. The summed E-state index contributed by atoms with van der Waals surface area (Å²) in [7, 11) is 3.69. The number of hydrogen-bond donors (Lipinski definition) is 3. The lowest BCUT2D eigenvalue weighted by Crippen LogP contribution is -2.44. The quantitative estimate of drug-likeness (QED) is 0.147. The topological polar surface area (TPSA) is 119 Å². The van der Waals surface area contributed by atoms with Crippen molar-refractivity contribution in [3.63, 3.8) is 0 Å². The molecule has 1 aromatic rings. The number of amides is 1. The van der Waals surface area contributed by atoms with E-state index in [1.807, 2.05) is 60.9 Å². The fourth-order valence-electron chi connectivity index (χ4n) is 3.18. The van der Waals surface area contributed by atoms with E-state index in [0.717, 1.165) is 16.4 Å². The van der Waals surface area contributed by atoms with Crippen molar-refractivity contribution in [3.8, 4) is 0 Å². The SMILES string of the molecule is COC(=O)SSC[C@H](N)/C=C/[C@@H](/C=C\[C@@H](Cc1ccccc1)C(=O)N[C@@H](CCSC)C(=O)O)C(C)C. The minimum atomic E-state index is -1.03. The van der Waals surface area contributed by atoms with Gasteiger partial charge in [0.2, 0.25) is 5.91 Å². The second-order valence-electron chi connectivity index (χ2n) is 8.55. The number of aliphatic carboxylic acids is 1. The number of methoxy groups -OCH3 is 1. The first-order valence-electron chi connectivity index (χ1n) is 11.7. The molecule has 4 N–H and O–H groups in total. The normalized spacial score (nSPS) is 15.1. The zero-order valence-corrected chi connectivity index (χ0v) is 23.7. The van der Waals surface area contributed by atoms with Gasteiger partial charge in [0, 0.05) is 22.6 Å². The molecule has 200 valence electrons. The Morgan fingerprint density at radius 2 is 1.78 bits per heavy atom. The van der Waals surface area contributed by atoms with E-state index in [9.17, 15) is 19.5 Å². The van der Waals surface area contributed by atoms with Crippen molar-refractivity contribution in [2.45, 2.75) is 38.8 Å². The van der Waals surface area contributed by atoms with Gasteiger partial charge in [0.25, 0.3) is 0 Å². The molecule has 1 amide bonds. The molecule has 0 aromatic heterocycles. The molecule has 4 atom stereocenters. The maximum Gasteiger partial charge on any atom is 0.377 e. The van der Waals surface area contributed by atoms with Crippen molar-refractivity contribution in [1.29, 1.82) is 0 Å². The summed E-state index contributed by atoms with van der Waals surface area (Å²) in [5.74, 6) is -0.353. The molecule has 0 spiro atoms. The van der Waals surface area contributed by atoms with E-state index in [2.05, 4.69) is 23.9 Å². The lowest BCUT2D eigenvalue weighted by atomic mass is 9.91. The minimum absolute atomic E-state index is 0.0344. The highest BCUT2D eigenvalue weighted by Gasteiger charge is 2.24. The third kappa shape index (κ3) is 13.4. The number of carboxylic acids is 1. The lowest BCUT2D eigenvalue weighted by molar-refractivity contribution is -0.142. The van der Waals surface area contributed by atoms with Crippen LogP contribution in [0.15, 0.2) is 54.6 Å². The van der Waals surface area contributed by atoms with Crippen molar-refractivity contribution < 1.29 is 24.2 Å². The van der Waals surface area contributed by atoms with Crippen molar-refractivity contribution in [2.75, 3.05) is 24.9 Å². The van der Waals surface area contributed by atoms with Gasteiger partial charge in [0.1, 0.15) is 6.04 Å². The maximum absolute atomic E-state index is 13.2.